The minimum Gasteiger partial charge on any atom is -0.493 e. The van der Waals surface area contributed by atoms with E-state index < -0.39 is 0 Å². The molecule has 0 radical (unpaired) electrons. The summed E-state index contributed by atoms with van der Waals surface area (Å²) in [5, 5.41) is 3.63. The van der Waals surface area contributed by atoms with Crippen LogP contribution >= 0.6 is 0 Å². The standard InChI is InChI=1S/C22H22N2O4/c1-27-18-6-4-5-16-14-19(28-21(16)18)22(26)23-17-9-7-15(8-10-17)13-20(25)24-11-2-3-12-24/h4-10,14H,2-3,11-13H2,1H3,(H,23,26). The maximum atomic E-state index is 12.5. The Kier molecular flexibility index (Phi) is 5.02. The summed E-state index contributed by atoms with van der Waals surface area (Å²) in [6.45, 7) is 1.71. The second kappa shape index (κ2) is 7.76. The molecule has 1 aromatic heterocycles. The van der Waals surface area contributed by atoms with E-state index in [0.29, 0.717) is 23.4 Å². The van der Waals surface area contributed by atoms with Crippen LogP contribution < -0.4 is 10.1 Å². The second-order valence-corrected chi connectivity index (χ2v) is 6.90. The van der Waals surface area contributed by atoms with Crippen LogP contribution in [-0.4, -0.2) is 36.9 Å². The fraction of sp³-hybridized carbons (Fsp3) is 0.273. The number of hydrogen-bond donors (Lipinski definition) is 1. The number of likely N-dealkylation sites (tertiary alicyclic amines) is 1. The molecule has 6 nitrogen and oxygen atoms in total. The SMILES string of the molecule is COc1cccc2cc(C(=O)Nc3ccc(CC(=O)N4CCCC4)cc3)oc12. The molecule has 144 valence electrons. The first-order chi connectivity index (χ1) is 13.6. The number of benzene rings is 2. The van der Waals surface area contributed by atoms with Crippen LogP contribution in [0.15, 0.2) is 52.9 Å². The van der Waals surface area contributed by atoms with Crippen LogP contribution in [0.1, 0.15) is 29.0 Å². The Morgan fingerprint density at radius 3 is 2.57 bits per heavy atom. The lowest BCUT2D eigenvalue weighted by atomic mass is 10.1. The highest BCUT2D eigenvalue weighted by Gasteiger charge is 2.18. The number of para-hydroxylation sites is 1. The number of carbonyl (C=O) groups is 2. The minimum absolute atomic E-state index is 0.158. The highest BCUT2D eigenvalue weighted by molar-refractivity contribution is 6.05. The van der Waals surface area contributed by atoms with Gasteiger partial charge in [-0.05, 0) is 42.7 Å². The molecule has 6 heteroatoms. The van der Waals surface area contributed by atoms with Crippen LogP contribution in [0.3, 0.4) is 0 Å². The zero-order valence-electron chi connectivity index (χ0n) is 15.7. The van der Waals surface area contributed by atoms with Gasteiger partial charge in [-0.25, -0.2) is 0 Å². The molecular formula is C22H22N2O4. The van der Waals surface area contributed by atoms with E-state index in [-0.39, 0.29) is 17.6 Å². The lowest BCUT2D eigenvalue weighted by molar-refractivity contribution is -0.129. The summed E-state index contributed by atoms with van der Waals surface area (Å²) < 4.78 is 10.9. The Bertz CT molecular complexity index is 1000. The number of carbonyl (C=O) groups excluding carboxylic acids is 2. The Morgan fingerprint density at radius 1 is 1.11 bits per heavy atom. The van der Waals surface area contributed by atoms with Crippen molar-refractivity contribution >= 4 is 28.5 Å². The van der Waals surface area contributed by atoms with Gasteiger partial charge >= 0.3 is 0 Å². The number of rotatable bonds is 5. The molecular weight excluding hydrogens is 356 g/mol. The number of nitrogens with one attached hydrogen (secondary N) is 1. The van der Waals surface area contributed by atoms with Crippen molar-refractivity contribution in [3.05, 3.63) is 59.9 Å². The minimum atomic E-state index is -0.334. The molecule has 1 fully saturated rings. The van der Waals surface area contributed by atoms with Gasteiger partial charge in [-0.15, -0.1) is 0 Å². The summed E-state index contributed by atoms with van der Waals surface area (Å²) in [4.78, 5) is 26.7. The number of ether oxygens (including phenoxy) is 1. The van der Waals surface area contributed by atoms with E-state index in [1.807, 2.05) is 29.2 Å². The molecule has 1 saturated heterocycles. The van der Waals surface area contributed by atoms with Crippen molar-refractivity contribution in [2.75, 3.05) is 25.5 Å². The highest BCUT2D eigenvalue weighted by atomic mass is 16.5. The monoisotopic (exact) mass is 378 g/mol. The zero-order valence-corrected chi connectivity index (χ0v) is 15.7. The van der Waals surface area contributed by atoms with Crippen molar-refractivity contribution in [2.24, 2.45) is 0 Å². The summed E-state index contributed by atoms with van der Waals surface area (Å²) in [6, 6.07) is 14.5. The maximum Gasteiger partial charge on any atom is 0.291 e. The number of fused-ring (bicyclic) bond motifs is 1. The van der Waals surface area contributed by atoms with Gasteiger partial charge in [0.15, 0.2) is 17.1 Å². The summed E-state index contributed by atoms with van der Waals surface area (Å²) in [6.07, 6.45) is 2.56. The zero-order chi connectivity index (χ0) is 19.5. The van der Waals surface area contributed by atoms with Gasteiger partial charge in [0, 0.05) is 24.2 Å². The van der Waals surface area contributed by atoms with Gasteiger partial charge in [0.05, 0.1) is 13.5 Å². The van der Waals surface area contributed by atoms with E-state index in [2.05, 4.69) is 5.32 Å². The molecule has 1 aliphatic heterocycles. The number of nitrogens with zero attached hydrogens (tertiary/aromatic N) is 1. The van der Waals surface area contributed by atoms with E-state index in [4.69, 9.17) is 9.15 Å². The Morgan fingerprint density at radius 2 is 1.86 bits per heavy atom. The normalized spacial score (nSPS) is 13.7. The predicted octanol–water partition coefficient (Wildman–Crippen LogP) is 3.86. The molecule has 3 aromatic rings. The number of hydrogen-bond acceptors (Lipinski definition) is 4. The third-order valence-corrected chi connectivity index (χ3v) is 4.98. The summed E-state index contributed by atoms with van der Waals surface area (Å²) in [5.41, 5.74) is 2.13. The Balaban J connectivity index is 1.42. The number of methoxy groups -OCH3 is 1. The van der Waals surface area contributed by atoms with E-state index in [1.165, 1.54) is 0 Å². The lowest BCUT2D eigenvalue weighted by Crippen LogP contribution is -2.29. The summed E-state index contributed by atoms with van der Waals surface area (Å²) >= 11 is 0. The first-order valence-corrected chi connectivity index (χ1v) is 9.38. The van der Waals surface area contributed by atoms with Gasteiger partial charge in [0.25, 0.3) is 5.91 Å². The van der Waals surface area contributed by atoms with Gasteiger partial charge < -0.3 is 19.4 Å². The van der Waals surface area contributed by atoms with E-state index >= 15 is 0 Å². The largest absolute Gasteiger partial charge is 0.493 e. The van der Waals surface area contributed by atoms with Crippen LogP contribution in [0.25, 0.3) is 11.0 Å². The lowest BCUT2D eigenvalue weighted by Gasteiger charge is -2.15. The molecule has 0 unspecified atom stereocenters. The van der Waals surface area contributed by atoms with E-state index in [9.17, 15) is 9.59 Å². The topological polar surface area (TPSA) is 71.8 Å². The fourth-order valence-electron chi connectivity index (χ4n) is 3.46. The number of amides is 2. The van der Waals surface area contributed by atoms with Gasteiger partial charge in [-0.1, -0.05) is 24.3 Å². The van der Waals surface area contributed by atoms with Crippen molar-refractivity contribution in [3.8, 4) is 5.75 Å². The molecule has 0 atom stereocenters. The van der Waals surface area contributed by atoms with Crippen molar-refractivity contribution in [1.82, 2.24) is 4.90 Å². The second-order valence-electron chi connectivity index (χ2n) is 6.90. The quantitative estimate of drug-likeness (QED) is 0.732. The average molecular weight is 378 g/mol. The molecule has 0 aliphatic carbocycles. The molecule has 1 aliphatic rings. The number of anilines is 1. The van der Waals surface area contributed by atoms with Gasteiger partial charge in [-0.3, -0.25) is 9.59 Å². The smallest absolute Gasteiger partial charge is 0.291 e. The van der Waals surface area contributed by atoms with Crippen LogP contribution in [0.4, 0.5) is 5.69 Å². The van der Waals surface area contributed by atoms with Crippen molar-refractivity contribution in [1.29, 1.82) is 0 Å². The first kappa shape index (κ1) is 18.1. The van der Waals surface area contributed by atoms with Crippen molar-refractivity contribution < 1.29 is 18.7 Å². The fourth-order valence-corrected chi connectivity index (χ4v) is 3.46. The molecule has 2 aromatic carbocycles. The van der Waals surface area contributed by atoms with Crippen LogP contribution in [0.5, 0.6) is 5.75 Å². The number of furan rings is 1. The van der Waals surface area contributed by atoms with Gasteiger partial charge in [0.2, 0.25) is 5.91 Å². The third-order valence-electron chi connectivity index (χ3n) is 4.98. The van der Waals surface area contributed by atoms with Crippen LogP contribution in [0.2, 0.25) is 0 Å². The Hall–Kier alpha value is -3.28. The molecule has 28 heavy (non-hydrogen) atoms. The van der Waals surface area contributed by atoms with Gasteiger partial charge in [0.1, 0.15) is 0 Å². The van der Waals surface area contributed by atoms with E-state index in [1.54, 1.807) is 31.4 Å². The van der Waals surface area contributed by atoms with E-state index in [0.717, 1.165) is 36.9 Å². The molecule has 2 amide bonds. The van der Waals surface area contributed by atoms with Crippen LogP contribution in [0, 0.1) is 0 Å². The molecule has 1 N–H and O–H groups in total. The summed E-state index contributed by atoms with van der Waals surface area (Å²) in [5.74, 6) is 0.626. The third kappa shape index (κ3) is 3.71. The first-order valence-electron chi connectivity index (χ1n) is 9.38. The molecule has 0 spiro atoms. The van der Waals surface area contributed by atoms with Gasteiger partial charge in [-0.2, -0.15) is 0 Å². The summed E-state index contributed by atoms with van der Waals surface area (Å²) in [7, 11) is 1.56. The molecule has 0 bridgehead atoms. The van der Waals surface area contributed by atoms with Crippen molar-refractivity contribution in [3.63, 3.8) is 0 Å². The predicted molar refractivity (Wildman–Crippen MR) is 107 cm³/mol. The van der Waals surface area contributed by atoms with Crippen molar-refractivity contribution in [2.45, 2.75) is 19.3 Å². The van der Waals surface area contributed by atoms with Crippen LogP contribution in [-0.2, 0) is 11.2 Å². The molecule has 2 heterocycles. The Labute approximate surface area is 163 Å². The molecule has 0 saturated carbocycles. The average Bonchev–Trinajstić information content (AvgIpc) is 3.39. The highest BCUT2D eigenvalue weighted by Crippen LogP contribution is 2.28. The maximum absolute atomic E-state index is 12.5. The molecule has 4 rings (SSSR count).